The first-order valence-corrected chi connectivity index (χ1v) is 22.4. The molecule has 1 N–H and O–H groups in total. The highest BCUT2D eigenvalue weighted by atomic mass is 16.3. The largest absolute Gasteiger partial charge is 0.507 e. The molecule has 10 aromatic rings. The van der Waals surface area contributed by atoms with E-state index in [1.54, 1.807) is 6.07 Å². The number of aromatic nitrogens is 3. The summed E-state index contributed by atoms with van der Waals surface area (Å²) in [7, 11) is 0. The Morgan fingerprint density at radius 1 is 0.415 bits per heavy atom. The van der Waals surface area contributed by atoms with E-state index in [-0.39, 0.29) is 16.6 Å². The lowest BCUT2D eigenvalue weighted by Crippen LogP contribution is -2.18. The van der Waals surface area contributed by atoms with E-state index in [1.165, 1.54) is 16.7 Å². The van der Waals surface area contributed by atoms with Gasteiger partial charge in [-0.15, -0.1) is 0 Å². The van der Waals surface area contributed by atoms with E-state index in [2.05, 4.69) is 221 Å². The Kier molecular flexibility index (Phi) is 10.6. The van der Waals surface area contributed by atoms with E-state index in [9.17, 15) is 5.11 Å². The van der Waals surface area contributed by atoms with Gasteiger partial charge in [0.1, 0.15) is 11.6 Å². The van der Waals surface area contributed by atoms with Crippen LogP contribution in [0.3, 0.4) is 0 Å². The lowest BCUT2D eigenvalue weighted by atomic mass is 9.77. The zero-order valence-corrected chi connectivity index (χ0v) is 37.5. The lowest BCUT2D eigenvalue weighted by Gasteiger charge is -2.26. The fraction of sp³-hybridized carbons (Fsp3) is 0.115. The number of hydrogen-bond donors (Lipinski definition) is 1. The molecule has 4 nitrogen and oxygen atoms in total. The highest BCUT2D eigenvalue weighted by Crippen LogP contribution is 2.43. The van der Waals surface area contributed by atoms with Crippen molar-refractivity contribution in [3.05, 3.63) is 229 Å². The summed E-state index contributed by atoms with van der Waals surface area (Å²) in [5, 5.41) is 11.5. The minimum Gasteiger partial charge on any atom is -0.507 e. The fourth-order valence-electron chi connectivity index (χ4n) is 9.07. The lowest BCUT2D eigenvalue weighted by molar-refractivity contribution is 0.477. The van der Waals surface area contributed by atoms with E-state index in [1.807, 2.05) is 24.4 Å². The second-order valence-electron chi connectivity index (χ2n) is 18.5. The molecule has 0 unspecified atom stereocenters. The summed E-state index contributed by atoms with van der Waals surface area (Å²) in [6.07, 6.45) is 1.92. The third kappa shape index (κ3) is 7.93. The molecule has 0 amide bonds. The van der Waals surface area contributed by atoms with Crippen LogP contribution in [-0.4, -0.2) is 19.6 Å². The maximum atomic E-state index is 11.5. The molecule has 2 aromatic heterocycles. The smallest absolute Gasteiger partial charge is 0.149 e. The molecule has 0 bridgehead atoms. The van der Waals surface area contributed by atoms with Gasteiger partial charge in [-0.1, -0.05) is 180 Å². The predicted molar refractivity (Wildman–Crippen MR) is 270 cm³/mol. The van der Waals surface area contributed by atoms with E-state index in [0.717, 1.165) is 72.5 Å². The second kappa shape index (κ2) is 16.7. The van der Waals surface area contributed by atoms with Crippen LogP contribution in [-0.2, 0) is 10.8 Å². The van der Waals surface area contributed by atoms with Crippen molar-refractivity contribution in [2.24, 2.45) is 0 Å². The summed E-state index contributed by atoms with van der Waals surface area (Å²) in [5.74, 6) is 0.837. The van der Waals surface area contributed by atoms with Crippen molar-refractivity contribution in [3.8, 4) is 78.6 Å². The summed E-state index contributed by atoms with van der Waals surface area (Å²) in [6.45, 7) is 11.3. The van der Waals surface area contributed by atoms with Gasteiger partial charge in [0.05, 0.1) is 28.0 Å². The average molecular weight is 842 g/mol. The number of para-hydroxylation sites is 2. The molecule has 0 aliphatic heterocycles. The molecule has 10 rings (SSSR count). The Labute approximate surface area is 382 Å². The minimum atomic E-state index is -0.168. The van der Waals surface area contributed by atoms with Crippen LogP contribution < -0.4 is 0 Å². The number of rotatable bonds is 9. The van der Waals surface area contributed by atoms with Gasteiger partial charge in [-0.2, -0.15) is 0 Å². The van der Waals surface area contributed by atoms with Crippen molar-refractivity contribution in [3.63, 3.8) is 0 Å². The molecule has 0 aliphatic carbocycles. The molecule has 2 heterocycles. The third-order valence-electron chi connectivity index (χ3n) is 12.8. The number of pyridine rings is 1. The van der Waals surface area contributed by atoms with Crippen LogP contribution in [0.25, 0.3) is 83.9 Å². The molecule has 65 heavy (non-hydrogen) atoms. The van der Waals surface area contributed by atoms with E-state index in [0.29, 0.717) is 11.4 Å². The first-order chi connectivity index (χ1) is 31.5. The van der Waals surface area contributed by atoms with Crippen LogP contribution in [0, 0.1) is 0 Å². The Morgan fingerprint density at radius 2 is 1.02 bits per heavy atom. The van der Waals surface area contributed by atoms with Crippen molar-refractivity contribution >= 4 is 11.0 Å². The van der Waals surface area contributed by atoms with Crippen molar-refractivity contribution in [1.29, 1.82) is 0 Å². The number of benzene rings is 8. The second-order valence-corrected chi connectivity index (χ2v) is 18.5. The van der Waals surface area contributed by atoms with Gasteiger partial charge < -0.3 is 5.11 Å². The number of nitrogens with zero attached hydrogens (tertiary/aromatic N) is 3. The summed E-state index contributed by atoms with van der Waals surface area (Å²) in [5.41, 5.74) is 17.5. The number of fused-ring (bicyclic) bond motifs is 1. The summed E-state index contributed by atoms with van der Waals surface area (Å²) in [4.78, 5) is 10.5. The number of aromatic hydroxyl groups is 1. The molecule has 0 radical (unpaired) electrons. The zero-order chi connectivity index (χ0) is 44.7. The van der Waals surface area contributed by atoms with Gasteiger partial charge in [-0.05, 0) is 116 Å². The third-order valence-corrected chi connectivity index (χ3v) is 12.8. The minimum absolute atomic E-state index is 0.0636. The molecule has 0 aliphatic rings. The molecule has 0 atom stereocenters. The normalized spacial score (nSPS) is 11.8. The van der Waals surface area contributed by atoms with Crippen molar-refractivity contribution in [2.45, 2.75) is 45.4 Å². The zero-order valence-electron chi connectivity index (χ0n) is 37.5. The highest BCUT2D eigenvalue weighted by molar-refractivity contribution is 5.98. The van der Waals surface area contributed by atoms with Gasteiger partial charge in [-0.3, -0.25) is 9.55 Å². The first-order valence-electron chi connectivity index (χ1n) is 22.4. The predicted octanol–water partition coefficient (Wildman–Crippen LogP) is 15.8. The quantitative estimate of drug-likeness (QED) is 0.157. The van der Waals surface area contributed by atoms with Gasteiger partial charge in [-0.25, -0.2) is 4.98 Å². The maximum Gasteiger partial charge on any atom is 0.149 e. The molecule has 4 heteroatoms. The number of hydrogen-bond acceptors (Lipinski definition) is 3. The first kappa shape index (κ1) is 41.2. The van der Waals surface area contributed by atoms with Crippen molar-refractivity contribution in [2.75, 3.05) is 0 Å². The molecule has 316 valence electrons. The Hall–Kier alpha value is -7.82. The van der Waals surface area contributed by atoms with Crippen molar-refractivity contribution in [1.82, 2.24) is 14.5 Å². The number of phenols is 1. The summed E-state index contributed by atoms with van der Waals surface area (Å²) in [6, 6.07) is 72.4. The van der Waals surface area contributed by atoms with Crippen LogP contribution in [0.5, 0.6) is 5.75 Å². The van der Waals surface area contributed by atoms with Crippen LogP contribution in [0.1, 0.15) is 51.3 Å². The average Bonchev–Trinajstić information content (AvgIpc) is 3.74. The molecule has 0 saturated carbocycles. The maximum absolute atomic E-state index is 11.5. The molecule has 0 saturated heterocycles. The highest BCUT2D eigenvalue weighted by Gasteiger charge is 2.25. The van der Waals surface area contributed by atoms with Gasteiger partial charge in [0.25, 0.3) is 0 Å². The summed E-state index contributed by atoms with van der Waals surface area (Å²) < 4.78 is 2.23. The number of imidazole rings is 1. The van der Waals surface area contributed by atoms with E-state index < -0.39 is 0 Å². The number of phenolic OH excluding ortho intramolecular Hbond substituents is 1. The molecular formula is C61H51N3O. The molecule has 8 aromatic carbocycles. The van der Waals surface area contributed by atoms with Crippen LogP contribution in [0.15, 0.2) is 212 Å². The Balaban J connectivity index is 1.17. The Bertz CT molecular complexity index is 3320. The van der Waals surface area contributed by atoms with Crippen LogP contribution >= 0.6 is 0 Å². The van der Waals surface area contributed by atoms with Gasteiger partial charge in [0.2, 0.25) is 0 Å². The van der Waals surface area contributed by atoms with Gasteiger partial charge in [0.15, 0.2) is 0 Å². The standard InChI is InChI=1S/C61H51N3O/c1-60(2,3)49-31-32-55(53(40-49)42-21-11-7-12-22-42)64-56-29-18-28-51(58(56)63-59(64)52-27-15-16-30-57(52)65)46-35-45(41-19-9-6-10-20-41)36-47(37-46)54-39-44(33-34-62-54)43-23-17-26-50(38-43)61(4,5)48-24-13-8-14-25-48/h6-40,65H,1-5H3. The Morgan fingerprint density at radius 3 is 1.75 bits per heavy atom. The van der Waals surface area contributed by atoms with Crippen molar-refractivity contribution < 1.29 is 5.11 Å². The van der Waals surface area contributed by atoms with Gasteiger partial charge >= 0.3 is 0 Å². The topological polar surface area (TPSA) is 50.9 Å². The monoisotopic (exact) mass is 841 g/mol. The van der Waals surface area contributed by atoms with Crippen LogP contribution in [0.2, 0.25) is 0 Å². The van der Waals surface area contributed by atoms with E-state index >= 15 is 0 Å². The molecular weight excluding hydrogens is 791 g/mol. The van der Waals surface area contributed by atoms with Crippen LogP contribution in [0.4, 0.5) is 0 Å². The summed E-state index contributed by atoms with van der Waals surface area (Å²) >= 11 is 0. The SMILES string of the molecule is CC(C)(C)c1ccc(-n2c(-c3ccccc3O)nc3c(-c4cc(-c5ccccc5)cc(-c5cc(-c6cccc(C(C)(C)c7ccccc7)c6)ccn5)c4)cccc32)c(-c2ccccc2)c1. The van der Waals surface area contributed by atoms with E-state index in [4.69, 9.17) is 9.97 Å². The molecule has 0 fully saturated rings. The molecule has 0 spiro atoms. The van der Waals surface area contributed by atoms with Gasteiger partial charge in [0, 0.05) is 28.3 Å². The fourth-order valence-corrected chi connectivity index (χ4v) is 9.07.